The van der Waals surface area contributed by atoms with Crippen LogP contribution in [0.1, 0.15) is 26.7 Å². The predicted molar refractivity (Wildman–Crippen MR) is 36.0 cm³/mol. The second-order valence-electron chi connectivity index (χ2n) is 1.92. The maximum absolute atomic E-state index is 2.28. The van der Waals surface area contributed by atoms with Crippen LogP contribution in [0.3, 0.4) is 0 Å². The molecule has 0 nitrogen and oxygen atoms in total. The third kappa shape index (κ3) is 3.39. The molecule has 0 saturated heterocycles. The van der Waals surface area contributed by atoms with Gasteiger partial charge in [0.2, 0.25) is 0 Å². The summed E-state index contributed by atoms with van der Waals surface area (Å²) in [4.78, 5) is 0. The van der Waals surface area contributed by atoms with Gasteiger partial charge in [-0.25, -0.2) is 0 Å². The Morgan fingerprint density at radius 3 is 1.71 bits per heavy atom. The summed E-state index contributed by atoms with van der Waals surface area (Å²) in [5.74, 6) is 1.04. The van der Waals surface area contributed by atoms with Crippen LogP contribution >= 0.6 is 0 Å². The molecule has 0 aliphatic carbocycles. The fraction of sp³-hybridized carbons (Fsp3) is 1.00. The van der Waals surface area contributed by atoms with Gasteiger partial charge in [-0.2, -0.15) is 0 Å². The van der Waals surface area contributed by atoms with Crippen molar-refractivity contribution in [2.45, 2.75) is 31.1 Å². The van der Waals surface area contributed by atoms with Crippen LogP contribution in [0.2, 0.25) is 4.44 Å². The van der Waals surface area contributed by atoms with Gasteiger partial charge in [0.15, 0.2) is 0 Å². The Balaban J connectivity index is 2.99. The molecule has 0 atom stereocenters. The average Bonchev–Trinajstić information content (AvgIpc) is 1.72. The van der Waals surface area contributed by atoms with Crippen LogP contribution in [0.25, 0.3) is 0 Å². The van der Waals surface area contributed by atoms with E-state index in [2.05, 4.69) is 13.8 Å². The second kappa shape index (κ2) is 4.95. The molecule has 1 heteroatoms. The van der Waals surface area contributed by atoms with Gasteiger partial charge in [0, 0.05) is 0 Å². The molecule has 0 aliphatic rings. The van der Waals surface area contributed by atoms with E-state index in [-0.39, 0.29) is 0 Å². The zero-order valence-electron chi connectivity index (χ0n) is 5.28. The van der Waals surface area contributed by atoms with E-state index in [1.165, 1.54) is 39.8 Å². The van der Waals surface area contributed by atoms with Crippen molar-refractivity contribution in [2.75, 3.05) is 0 Å². The Kier molecular flexibility index (Phi) is 5.51. The molecule has 0 heterocycles. The summed E-state index contributed by atoms with van der Waals surface area (Å²) < 4.78 is 1.48. The van der Waals surface area contributed by atoms with E-state index in [9.17, 15) is 0 Å². The molecule has 0 aromatic rings. The first kappa shape index (κ1) is 7.80. The number of hydrogen-bond donors (Lipinski definition) is 0. The van der Waals surface area contributed by atoms with Crippen molar-refractivity contribution < 1.29 is 0 Å². The third-order valence-electron chi connectivity index (χ3n) is 1.49. The van der Waals surface area contributed by atoms with E-state index in [0.717, 1.165) is 5.92 Å². The topological polar surface area (TPSA) is 0 Å². The van der Waals surface area contributed by atoms with Crippen LogP contribution in [0.15, 0.2) is 0 Å². The fourth-order valence-electron chi connectivity index (χ4n) is 0.622. The van der Waals surface area contributed by atoms with Gasteiger partial charge in [-0.05, 0) is 0 Å². The van der Waals surface area contributed by atoms with Gasteiger partial charge in [-0.3, -0.25) is 0 Å². The zero-order valence-corrected chi connectivity index (χ0v) is 8.57. The summed E-state index contributed by atoms with van der Waals surface area (Å²) in [7, 11) is 0. The Labute approximate surface area is 59.8 Å². The number of rotatable bonds is 3. The van der Waals surface area contributed by atoms with Crippen molar-refractivity contribution in [3.63, 3.8) is 0 Å². The van der Waals surface area contributed by atoms with Gasteiger partial charge >= 0.3 is 59.6 Å². The minimum absolute atomic E-state index is 1.04. The van der Waals surface area contributed by atoms with E-state index < -0.39 is 0 Å². The van der Waals surface area contributed by atoms with Gasteiger partial charge in [-0.1, -0.05) is 0 Å². The van der Waals surface area contributed by atoms with E-state index in [0.29, 0.717) is 0 Å². The molecule has 0 aromatic carbocycles. The average molecular weight is 205 g/mol. The monoisotopic (exact) mass is 206 g/mol. The maximum atomic E-state index is 2.28. The summed E-state index contributed by atoms with van der Waals surface area (Å²) in [6.45, 7) is 4.56. The fourth-order valence-corrected chi connectivity index (χ4v) is 2.52. The molecule has 0 aliphatic heterocycles. The van der Waals surface area contributed by atoms with E-state index in [1.807, 2.05) is 0 Å². The summed E-state index contributed by atoms with van der Waals surface area (Å²) in [5, 5.41) is 0. The summed E-state index contributed by atoms with van der Waals surface area (Å²) in [6.07, 6.45) is 2.77. The molecule has 0 amide bonds. The molecule has 0 rings (SSSR count). The minimum atomic E-state index is 1.04. The van der Waals surface area contributed by atoms with Gasteiger partial charge < -0.3 is 0 Å². The first-order chi connectivity index (χ1) is 3.35. The third-order valence-corrected chi connectivity index (χ3v) is 3.39. The first-order valence-electron chi connectivity index (χ1n) is 3.05. The SMILES string of the molecule is CCC(CC)[CH2][SnH]. The summed E-state index contributed by atoms with van der Waals surface area (Å²) in [5.41, 5.74) is 0. The summed E-state index contributed by atoms with van der Waals surface area (Å²) >= 11 is 1.45. The van der Waals surface area contributed by atoms with Crippen molar-refractivity contribution in [3.05, 3.63) is 0 Å². The zero-order chi connectivity index (χ0) is 5.70. The van der Waals surface area contributed by atoms with Crippen LogP contribution in [-0.2, 0) is 0 Å². The Morgan fingerprint density at radius 2 is 1.71 bits per heavy atom. The molecule has 0 unspecified atom stereocenters. The van der Waals surface area contributed by atoms with Crippen molar-refractivity contribution in [2.24, 2.45) is 5.92 Å². The normalized spacial score (nSPS) is 10.3. The standard InChI is InChI=1S/C6H13.Sn.H/c1-4-6(3)5-2;;/h6H,3-5H2,1-2H3;;. The molecule has 0 fully saturated rings. The predicted octanol–water partition coefficient (Wildman–Crippen LogP) is 1.74. The van der Waals surface area contributed by atoms with Gasteiger partial charge in [0.1, 0.15) is 0 Å². The van der Waals surface area contributed by atoms with E-state index >= 15 is 0 Å². The second-order valence-corrected chi connectivity index (χ2v) is 3.26. The molecular formula is C6H14Sn. The van der Waals surface area contributed by atoms with Crippen molar-refractivity contribution in [1.29, 1.82) is 0 Å². The molecule has 0 spiro atoms. The molecule has 2 radical (unpaired) electrons. The van der Waals surface area contributed by atoms with E-state index in [1.54, 1.807) is 0 Å². The van der Waals surface area contributed by atoms with Crippen molar-refractivity contribution >= 4 is 22.5 Å². The van der Waals surface area contributed by atoms with Gasteiger partial charge in [0.05, 0.1) is 0 Å². The molecule has 42 valence electrons. The quantitative estimate of drug-likeness (QED) is 0.615. The molecule has 7 heavy (non-hydrogen) atoms. The molecule has 0 N–H and O–H groups in total. The van der Waals surface area contributed by atoms with Crippen LogP contribution in [0, 0.1) is 5.92 Å². The molecule has 0 saturated carbocycles. The molecular weight excluding hydrogens is 191 g/mol. The Hall–Kier alpha value is 0.799. The van der Waals surface area contributed by atoms with Crippen LogP contribution < -0.4 is 0 Å². The van der Waals surface area contributed by atoms with E-state index in [4.69, 9.17) is 0 Å². The summed E-state index contributed by atoms with van der Waals surface area (Å²) in [6, 6.07) is 0. The van der Waals surface area contributed by atoms with Crippen molar-refractivity contribution in [1.82, 2.24) is 0 Å². The first-order valence-corrected chi connectivity index (χ1v) is 5.38. The number of hydrogen-bond acceptors (Lipinski definition) is 0. The molecule has 0 bridgehead atoms. The van der Waals surface area contributed by atoms with Crippen LogP contribution in [0.4, 0.5) is 0 Å². The van der Waals surface area contributed by atoms with Gasteiger partial charge in [-0.15, -0.1) is 0 Å². The van der Waals surface area contributed by atoms with Crippen molar-refractivity contribution in [3.8, 4) is 0 Å². The van der Waals surface area contributed by atoms with Crippen LogP contribution in [-0.4, -0.2) is 22.5 Å². The Morgan fingerprint density at radius 1 is 1.29 bits per heavy atom. The molecule has 0 aromatic heterocycles. The Bertz CT molecular complexity index is 25.7. The van der Waals surface area contributed by atoms with Crippen LogP contribution in [0.5, 0.6) is 0 Å². The van der Waals surface area contributed by atoms with Gasteiger partial charge in [0.25, 0.3) is 0 Å².